The second-order valence-corrected chi connectivity index (χ2v) is 11.0. The molecule has 0 bridgehead atoms. The molecule has 0 atom stereocenters. The lowest BCUT2D eigenvalue weighted by atomic mass is 9.73. The fraction of sp³-hybridized carbons (Fsp3) is 0.158. The van der Waals surface area contributed by atoms with E-state index in [0.717, 1.165) is 24.2 Å². The van der Waals surface area contributed by atoms with Crippen LogP contribution in [0.3, 0.4) is 0 Å². The maximum absolute atomic E-state index is 3.89. The van der Waals surface area contributed by atoms with E-state index in [1.807, 2.05) is 0 Å². The molecule has 0 fully saturated rings. The first-order valence-electron chi connectivity index (χ1n) is 14.4. The Morgan fingerprint density at radius 1 is 0.625 bits per heavy atom. The topological polar surface area (TPSA) is 17.0 Å². The number of nitrogens with zero attached hydrogens (tertiary/aromatic N) is 1. The van der Waals surface area contributed by atoms with Gasteiger partial charge < -0.3 is 9.88 Å². The predicted octanol–water partition coefficient (Wildman–Crippen LogP) is 10.3. The molecule has 0 saturated heterocycles. The number of aryl methyl sites for hydroxylation is 1. The first-order chi connectivity index (χ1) is 19.6. The molecule has 40 heavy (non-hydrogen) atoms. The summed E-state index contributed by atoms with van der Waals surface area (Å²) in [4.78, 5) is 0. The summed E-state index contributed by atoms with van der Waals surface area (Å²) >= 11 is 0. The van der Waals surface area contributed by atoms with Gasteiger partial charge in [0, 0.05) is 41.0 Å². The van der Waals surface area contributed by atoms with Crippen molar-refractivity contribution in [2.24, 2.45) is 7.05 Å². The molecule has 0 radical (unpaired) electrons. The van der Waals surface area contributed by atoms with Crippen molar-refractivity contribution in [3.05, 3.63) is 133 Å². The van der Waals surface area contributed by atoms with Gasteiger partial charge >= 0.3 is 0 Å². The van der Waals surface area contributed by atoms with Crippen LogP contribution < -0.4 is 5.32 Å². The van der Waals surface area contributed by atoms with Gasteiger partial charge in [-0.3, -0.25) is 0 Å². The minimum atomic E-state index is -0.00938. The third kappa shape index (κ3) is 3.71. The van der Waals surface area contributed by atoms with Crippen LogP contribution in [0.15, 0.2) is 121 Å². The fourth-order valence-electron chi connectivity index (χ4n) is 6.91. The molecule has 196 valence electrons. The van der Waals surface area contributed by atoms with E-state index in [2.05, 4.69) is 152 Å². The Hall–Kier alpha value is -4.56. The molecule has 2 heteroatoms. The monoisotopic (exact) mass is 518 g/mol. The van der Waals surface area contributed by atoms with E-state index >= 15 is 0 Å². The molecular weight excluding hydrogens is 484 g/mol. The van der Waals surface area contributed by atoms with Gasteiger partial charge in [0.1, 0.15) is 0 Å². The Balaban J connectivity index is 1.36. The van der Waals surface area contributed by atoms with Gasteiger partial charge in [0.15, 0.2) is 0 Å². The first kappa shape index (κ1) is 24.5. The highest BCUT2D eigenvalue weighted by Crippen LogP contribution is 2.54. The van der Waals surface area contributed by atoms with Crippen molar-refractivity contribution in [1.82, 2.24) is 4.57 Å². The molecule has 0 aliphatic heterocycles. The van der Waals surface area contributed by atoms with Crippen molar-refractivity contribution in [3.8, 4) is 33.5 Å². The van der Waals surface area contributed by atoms with Gasteiger partial charge in [-0.15, -0.1) is 0 Å². The zero-order chi connectivity index (χ0) is 27.3. The summed E-state index contributed by atoms with van der Waals surface area (Å²) in [5.41, 5.74) is 12.9. The summed E-state index contributed by atoms with van der Waals surface area (Å²) in [5, 5.41) is 6.37. The van der Waals surface area contributed by atoms with Crippen LogP contribution in [0.1, 0.15) is 37.8 Å². The van der Waals surface area contributed by atoms with Crippen LogP contribution in [-0.4, -0.2) is 4.57 Å². The quantitative estimate of drug-likeness (QED) is 0.232. The molecule has 5 aromatic carbocycles. The third-order valence-corrected chi connectivity index (χ3v) is 9.09. The van der Waals surface area contributed by atoms with Crippen molar-refractivity contribution in [2.45, 2.75) is 32.1 Å². The maximum atomic E-state index is 3.89. The van der Waals surface area contributed by atoms with Crippen LogP contribution in [-0.2, 0) is 12.5 Å². The molecule has 2 nitrogen and oxygen atoms in total. The van der Waals surface area contributed by atoms with Crippen LogP contribution in [0, 0.1) is 0 Å². The van der Waals surface area contributed by atoms with E-state index in [4.69, 9.17) is 0 Å². The summed E-state index contributed by atoms with van der Waals surface area (Å²) < 4.78 is 2.21. The minimum absolute atomic E-state index is 0.00938. The first-order valence-corrected chi connectivity index (χ1v) is 14.4. The van der Waals surface area contributed by atoms with E-state index in [1.165, 1.54) is 55.4 Å². The van der Waals surface area contributed by atoms with Gasteiger partial charge in [-0.1, -0.05) is 98.8 Å². The lowest BCUT2D eigenvalue weighted by molar-refractivity contribution is 0.491. The van der Waals surface area contributed by atoms with Crippen molar-refractivity contribution < 1.29 is 0 Å². The number of hydrogen-bond acceptors (Lipinski definition) is 1. The molecule has 1 aliphatic carbocycles. The van der Waals surface area contributed by atoms with Crippen molar-refractivity contribution in [2.75, 3.05) is 5.32 Å². The lowest BCUT2D eigenvalue weighted by Crippen LogP contribution is -2.23. The van der Waals surface area contributed by atoms with Crippen LogP contribution in [0.4, 0.5) is 11.4 Å². The number of nitrogens with one attached hydrogen (secondary N) is 1. The molecule has 1 N–H and O–H groups in total. The van der Waals surface area contributed by atoms with Gasteiger partial charge in [-0.2, -0.15) is 0 Å². The molecule has 7 rings (SSSR count). The average Bonchev–Trinajstić information content (AvgIpc) is 3.56. The van der Waals surface area contributed by atoms with E-state index in [1.54, 1.807) is 0 Å². The Kier molecular flexibility index (Phi) is 5.86. The third-order valence-electron chi connectivity index (χ3n) is 9.09. The van der Waals surface area contributed by atoms with Gasteiger partial charge in [-0.05, 0) is 81.9 Å². The lowest BCUT2D eigenvalue weighted by Gasteiger charge is -2.30. The highest BCUT2D eigenvalue weighted by atomic mass is 14.9. The maximum Gasteiger partial charge on any atom is 0.0543 e. The fourth-order valence-corrected chi connectivity index (χ4v) is 6.91. The molecule has 0 spiro atoms. The van der Waals surface area contributed by atoms with Gasteiger partial charge in [0.25, 0.3) is 0 Å². The zero-order valence-electron chi connectivity index (χ0n) is 23.4. The highest BCUT2D eigenvalue weighted by molar-refractivity contribution is 6.03. The highest BCUT2D eigenvalue weighted by Gasteiger charge is 2.41. The standard InChI is InChI=1S/C38H34N2/c1-4-38(5-2)34-24-28(36-16-11-23-40(36)3)18-21-32(34)33-22-19-29(25-35(33)38)39-37-30-15-10-9-14-27(30)17-20-31(37)26-12-7-6-8-13-26/h6-25,39H,4-5H2,1-3H3. The number of fused-ring (bicyclic) bond motifs is 4. The summed E-state index contributed by atoms with van der Waals surface area (Å²) in [7, 11) is 2.12. The molecule has 0 amide bonds. The Labute approximate surface area is 236 Å². The summed E-state index contributed by atoms with van der Waals surface area (Å²) in [6.45, 7) is 4.69. The van der Waals surface area contributed by atoms with E-state index in [-0.39, 0.29) is 5.41 Å². The molecular formula is C38H34N2. The zero-order valence-corrected chi connectivity index (χ0v) is 23.4. The van der Waals surface area contributed by atoms with Crippen LogP contribution >= 0.6 is 0 Å². The van der Waals surface area contributed by atoms with Crippen molar-refractivity contribution in [3.63, 3.8) is 0 Å². The van der Waals surface area contributed by atoms with Crippen molar-refractivity contribution >= 4 is 22.1 Å². The Bertz CT molecular complexity index is 1850. The molecule has 1 aliphatic rings. The Morgan fingerprint density at radius 2 is 1.32 bits per heavy atom. The summed E-state index contributed by atoms with van der Waals surface area (Å²) in [6.07, 6.45) is 4.25. The van der Waals surface area contributed by atoms with E-state index in [9.17, 15) is 0 Å². The van der Waals surface area contributed by atoms with Crippen LogP contribution in [0.2, 0.25) is 0 Å². The molecule has 1 aromatic heterocycles. The summed E-state index contributed by atoms with van der Waals surface area (Å²) in [6, 6.07) is 42.2. The van der Waals surface area contributed by atoms with E-state index in [0.29, 0.717) is 0 Å². The number of hydrogen-bond donors (Lipinski definition) is 1. The smallest absolute Gasteiger partial charge is 0.0543 e. The average molecular weight is 519 g/mol. The second-order valence-electron chi connectivity index (χ2n) is 11.0. The largest absolute Gasteiger partial charge is 0.355 e. The molecule has 6 aromatic rings. The molecule has 0 saturated carbocycles. The predicted molar refractivity (Wildman–Crippen MR) is 170 cm³/mol. The van der Waals surface area contributed by atoms with E-state index < -0.39 is 0 Å². The number of benzene rings is 5. The number of rotatable bonds is 6. The minimum Gasteiger partial charge on any atom is -0.355 e. The molecule has 1 heterocycles. The van der Waals surface area contributed by atoms with Crippen LogP contribution in [0.25, 0.3) is 44.3 Å². The molecule has 0 unspecified atom stereocenters. The SMILES string of the molecule is CCC1(CC)c2cc(Nc3c(-c4ccccc4)ccc4ccccc34)ccc2-c2ccc(-c3cccn3C)cc21. The number of aromatic nitrogens is 1. The van der Waals surface area contributed by atoms with Crippen molar-refractivity contribution in [1.29, 1.82) is 0 Å². The van der Waals surface area contributed by atoms with Gasteiger partial charge in [0.05, 0.1) is 5.69 Å². The second kappa shape index (κ2) is 9.57. The normalized spacial score (nSPS) is 13.3. The number of anilines is 2. The van der Waals surface area contributed by atoms with Gasteiger partial charge in [-0.25, -0.2) is 0 Å². The van der Waals surface area contributed by atoms with Crippen LogP contribution in [0.5, 0.6) is 0 Å². The Morgan fingerprint density at radius 3 is 2.08 bits per heavy atom. The summed E-state index contributed by atoms with van der Waals surface area (Å²) in [5.74, 6) is 0. The van der Waals surface area contributed by atoms with Gasteiger partial charge in [0.2, 0.25) is 0 Å².